The number of hydrogen-bond acceptors (Lipinski definition) is 4. The maximum atomic E-state index is 11.5. The second kappa shape index (κ2) is 4.34. The number of hydrogen-bond donors (Lipinski definition) is 2. The maximum absolute atomic E-state index is 11.5. The molecule has 16 heavy (non-hydrogen) atoms. The SMILES string of the molecule is CCOC(=O)c1cn[nH]c1NC(=O)C1CC1. The molecule has 0 atom stereocenters. The number of carbonyl (C=O) groups excluding carboxylic acids is 2. The maximum Gasteiger partial charge on any atom is 0.343 e. The van der Waals surface area contributed by atoms with E-state index in [0.29, 0.717) is 12.4 Å². The number of carbonyl (C=O) groups is 2. The molecule has 1 aromatic heterocycles. The van der Waals surface area contributed by atoms with Gasteiger partial charge in [0.2, 0.25) is 5.91 Å². The lowest BCUT2D eigenvalue weighted by Crippen LogP contribution is -2.16. The molecule has 1 amide bonds. The highest BCUT2D eigenvalue weighted by molar-refractivity contribution is 6.01. The quantitative estimate of drug-likeness (QED) is 0.744. The molecule has 0 radical (unpaired) electrons. The summed E-state index contributed by atoms with van der Waals surface area (Å²) < 4.78 is 4.83. The standard InChI is InChI=1S/C10H13N3O3/c1-2-16-10(15)7-5-11-13-8(7)12-9(14)6-3-4-6/h5-6H,2-4H2,1H3,(H2,11,12,13,14). The normalized spacial score (nSPS) is 14.6. The van der Waals surface area contributed by atoms with Crippen LogP contribution < -0.4 is 5.32 Å². The minimum absolute atomic E-state index is 0.0743. The highest BCUT2D eigenvalue weighted by Crippen LogP contribution is 2.30. The van der Waals surface area contributed by atoms with E-state index in [1.807, 2.05) is 0 Å². The summed E-state index contributed by atoms with van der Waals surface area (Å²) in [5.41, 5.74) is 0.260. The van der Waals surface area contributed by atoms with Crippen molar-refractivity contribution in [2.45, 2.75) is 19.8 Å². The molecule has 6 heteroatoms. The first-order valence-corrected chi connectivity index (χ1v) is 5.23. The number of nitrogens with one attached hydrogen (secondary N) is 2. The Bertz CT molecular complexity index is 409. The van der Waals surface area contributed by atoms with Crippen LogP contribution in [-0.2, 0) is 9.53 Å². The van der Waals surface area contributed by atoms with Gasteiger partial charge < -0.3 is 10.1 Å². The Kier molecular flexibility index (Phi) is 2.89. The van der Waals surface area contributed by atoms with Crippen molar-refractivity contribution in [1.29, 1.82) is 0 Å². The van der Waals surface area contributed by atoms with Crippen molar-refractivity contribution < 1.29 is 14.3 Å². The van der Waals surface area contributed by atoms with Gasteiger partial charge in [0.05, 0.1) is 12.8 Å². The van der Waals surface area contributed by atoms with E-state index >= 15 is 0 Å². The van der Waals surface area contributed by atoms with Gasteiger partial charge in [0.15, 0.2) is 0 Å². The first-order valence-electron chi connectivity index (χ1n) is 5.23. The Balaban J connectivity index is 2.05. The van der Waals surface area contributed by atoms with Crippen LogP contribution in [0, 0.1) is 5.92 Å². The molecule has 0 aromatic carbocycles. The molecule has 1 aliphatic carbocycles. The minimum Gasteiger partial charge on any atom is -0.462 e. The van der Waals surface area contributed by atoms with Crippen LogP contribution in [0.4, 0.5) is 5.82 Å². The third kappa shape index (κ3) is 2.21. The van der Waals surface area contributed by atoms with Crippen LogP contribution in [0.1, 0.15) is 30.1 Å². The fourth-order valence-corrected chi connectivity index (χ4v) is 1.32. The molecule has 2 N–H and O–H groups in total. The molecule has 1 saturated carbocycles. The molecule has 1 aromatic rings. The van der Waals surface area contributed by atoms with Gasteiger partial charge in [-0.05, 0) is 19.8 Å². The van der Waals surface area contributed by atoms with E-state index < -0.39 is 5.97 Å². The van der Waals surface area contributed by atoms with Gasteiger partial charge in [-0.2, -0.15) is 5.10 Å². The van der Waals surface area contributed by atoms with Crippen molar-refractivity contribution in [3.63, 3.8) is 0 Å². The third-order valence-corrected chi connectivity index (χ3v) is 2.33. The summed E-state index contributed by atoms with van der Waals surface area (Å²) in [6.07, 6.45) is 3.17. The Morgan fingerprint density at radius 1 is 1.62 bits per heavy atom. The summed E-state index contributed by atoms with van der Waals surface area (Å²) in [6.45, 7) is 2.01. The zero-order valence-electron chi connectivity index (χ0n) is 8.95. The summed E-state index contributed by atoms with van der Waals surface area (Å²) >= 11 is 0. The number of aromatic nitrogens is 2. The molecule has 1 aliphatic rings. The van der Waals surface area contributed by atoms with Crippen molar-refractivity contribution in [3.05, 3.63) is 11.8 Å². The van der Waals surface area contributed by atoms with E-state index in [1.54, 1.807) is 6.92 Å². The number of ether oxygens (including phenoxy) is 1. The summed E-state index contributed by atoms with van der Waals surface area (Å²) in [4.78, 5) is 23.0. The van der Waals surface area contributed by atoms with Gasteiger partial charge in [0, 0.05) is 5.92 Å². The third-order valence-electron chi connectivity index (χ3n) is 2.33. The highest BCUT2D eigenvalue weighted by atomic mass is 16.5. The molecule has 1 fully saturated rings. The molecule has 0 saturated heterocycles. The van der Waals surface area contributed by atoms with E-state index in [4.69, 9.17) is 4.74 Å². The Morgan fingerprint density at radius 2 is 2.38 bits per heavy atom. The van der Waals surface area contributed by atoms with E-state index in [0.717, 1.165) is 12.8 Å². The number of rotatable bonds is 4. The minimum atomic E-state index is -0.484. The first kappa shape index (κ1) is 10.7. The topological polar surface area (TPSA) is 84.1 Å². The molecule has 0 aliphatic heterocycles. The number of amides is 1. The predicted molar refractivity (Wildman–Crippen MR) is 55.9 cm³/mol. The predicted octanol–water partition coefficient (Wildman–Crippen LogP) is 0.935. The van der Waals surface area contributed by atoms with Crippen LogP contribution in [0.25, 0.3) is 0 Å². The summed E-state index contributed by atoms with van der Waals surface area (Å²) in [5, 5.41) is 8.93. The van der Waals surface area contributed by atoms with E-state index in [9.17, 15) is 9.59 Å². The molecule has 0 spiro atoms. The van der Waals surface area contributed by atoms with Crippen molar-refractivity contribution in [3.8, 4) is 0 Å². The average molecular weight is 223 g/mol. The molecule has 1 heterocycles. The fraction of sp³-hybridized carbons (Fsp3) is 0.500. The van der Waals surface area contributed by atoms with Crippen molar-refractivity contribution in [2.75, 3.05) is 11.9 Å². The zero-order chi connectivity index (χ0) is 11.5. The smallest absolute Gasteiger partial charge is 0.343 e. The van der Waals surface area contributed by atoms with Crippen LogP contribution in [0.3, 0.4) is 0 Å². The molecule has 0 unspecified atom stereocenters. The van der Waals surface area contributed by atoms with E-state index in [-0.39, 0.29) is 17.4 Å². The Labute approximate surface area is 92.4 Å². The summed E-state index contributed by atoms with van der Waals surface area (Å²) in [7, 11) is 0. The molecule has 0 bridgehead atoms. The van der Waals surface area contributed by atoms with Crippen LogP contribution in [0.15, 0.2) is 6.20 Å². The second-order valence-electron chi connectivity index (χ2n) is 3.64. The molecule has 6 nitrogen and oxygen atoms in total. The van der Waals surface area contributed by atoms with Crippen molar-refractivity contribution in [1.82, 2.24) is 10.2 Å². The Hall–Kier alpha value is -1.85. The molecular weight excluding hydrogens is 210 g/mol. The lowest BCUT2D eigenvalue weighted by Gasteiger charge is -2.04. The van der Waals surface area contributed by atoms with Gasteiger partial charge in [0.1, 0.15) is 11.4 Å². The molecular formula is C10H13N3O3. The second-order valence-corrected chi connectivity index (χ2v) is 3.64. The van der Waals surface area contributed by atoms with Gasteiger partial charge in [-0.1, -0.05) is 0 Å². The van der Waals surface area contributed by atoms with Crippen molar-refractivity contribution >= 4 is 17.7 Å². The number of anilines is 1. The monoisotopic (exact) mass is 223 g/mol. The van der Waals surface area contributed by atoms with Crippen LogP contribution in [-0.4, -0.2) is 28.7 Å². The van der Waals surface area contributed by atoms with Crippen LogP contribution in [0.5, 0.6) is 0 Å². The van der Waals surface area contributed by atoms with Gasteiger partial charge in [-0.25, -0.2) is 4.79 Å². The lowest BCUT2D eigenvalue weighted by atomic mass is 10.3. The zero-order valence-corrected chi connectivity index (χ0v) is 8.95. The van der Waals surface area contributed by atoms with E-state index in [1.165, 1.54) is 6.20 Å². The number of H-pyrrole nitrogens is 1. The van der Waals surface area contributed by atoms with Crippen LogP contribution >= 0.6 is 0 Å². The first-order chi connectivity index (χ1) is 7.72. The van der Waals surface area contributed by atoms with Crippen molar-refractivity contribution in [2.24, 2.45) is 5.92 Å². The largest absolute Gasteiger partial charge is 0.462 e. The number of aromatic amines is 1. The average Bonchev–Trinajstić information content (AvgIpc) is 3.00. The number of esters is 1. The highest BCUT2D eigenvalue weighted by Gasteiger charge is 2.30. The molecule has 2 rings (SSSR count). The summed E-state index contributed by atoms with van der Waals surface area (Å²) in [6, 6.07) is 0. The van der Waals surface area contributed by atoms with Gasteiger partial charge >= 0.3 is 5.97 Å². The van der Waals surface area contributed by atoms with Crippen LogP contribution in [0.2, 0.25) is 0 Å². The van der Waals surface area contributed by atoms with Gasteiger partial charge in [-0.3, -0.25) is 9.89 Å². The van der Waals surface area contributed by atoms with Gasteiger partial charge in [0.25, 0.3) is 0 Å². The van der Waals surface area contributed by atoms with E-state index in [2.05, 4.69) is 15.5 Å². The summed E-state index contributed by atoms with van der Waals surface area (Å²) in [5.74, 6) is -0.161. The Morgan fingerprint density at radius 3 is 3.00 bits per heavy atom. The lowest BCUT2D eigenvalue weighted by molar-refractivity contribution is -0.117. The fourth-order valence-electron chi connectivity index (χ4n) is 1.32. The molecule has 86 valence electrons. The van der Waals surface area contributed by atoms with Gasteiger partial charge in [-0.15, -0.1) is 0 Å². The number of nitrogens with zero attached hydrogens (tertiary/aromatic N) is 1.